The van der Waals surface area contributed by atoms with Gasteiger partial charge in [-0.2, -0.15) is 0 Å². The number of benzene rings is 1. The lowest BCUT2D eigenvalue weighted by Gasteiger charge is -2.13. The van der Waals surface area contributed by atoms with Crippen molar-refractivity contribution in [1.82, 2.24) is 9.88 Å². The monoisotopic (exact) mass is 325 g/mol. The van der Waals surface area contributed by atoms with E-state index in [9.17, 15) is 0 Å². The van der Waals surface area contributed by atoms with E-state index in [4.69, 9.17) is 5.73 Å². The Kier molecular flexibility index (Phi) is 6.80. The van der Waals surface area contributed by atoms with Gasteiger partial charge in [-0.25, -0.2) is 4.98 Å². The number of aromatic nitrogens is 1. The summed E-state index contributed by atoms with van der Waals surface area (Å²) in [6.07, 6.45) is 5.61. The summed E-state index contributed by atoms with van der Waals surface area (Å²) in [4.78, 5) is 6.76. The molecule has 1 aromatic carbocycles. The molecule has 0 saturated heterocycles. The quantitative estimate of drug-likeness (QED) is 0.733. The Hall–Kier alpha value is -1.87. The molecular weight excluding hydrogens is 294 g/mol. The predicted molar refractivity (Wildman–Crippen MR) is 103 cm³/mol. The first-order chi connectivity index (χ1) is 11.5. The molecule has 0 spiro atoms. The minimum Gasteiger partial charge on any atom is -0.383 e. The van der Waals surface area contributed by atoms with Gasteiger partial charge in [-0.3, -0.25) is 0 Å². The lowest BCUT2D eigenvalue weighted by atomic mass is 9.99. The van der Waals surface area contributed by atoms with Gasteiger partial charge in [0.1, 0.15) is 5.82 Å². The van der Waals surface area contributed by atoms with E-state index in [0.29, 0.717) is 5.82 Å². The number of nitrogens with zero attached hydrogens (tertiary/aromatic N) is 2. The van der Waals surface area contributed by atoms with Crippen molar-refractivity contribution in [1.29, 1.82) is 0 Å². The van der Waals surface area contributed by atoms with Gasteiger partial charge in [-0.05, 0) is 62.5 Å². The molecule has 2 aromatic rings. The Bertz CT molecular complexity index is 645. The number of hydrogen-bond acceptors (Lipinski definition) is 3. The van der Waals surface area contributed by atoms with E-state index in [-0.39, 0.29) is 0 Å². The first-order valence-electron chi connectivity index (χ1n) is 8.97. The molecule has 0 amide bonds. The molecule has 0 aliphatic rings. The second-order valence-electron chi connectivity index (χ2n) is 6.97. The number of nitrogen functional groups attached to an aromatic ring is 1. The van der Waals surface area contributed by atoms with Gasteiger partial charge in [0.25, 0.3) is 0 Å². The van der Waals surface area contributed by atoms with Crippen molar-refractivity contribution in [3.05, 3.63) is 58.3 Å². The van der Waals surface area contributed by atoms with Crippen LogP contribution >= 0.6 is 0 Å². The highest BCUT2D eigenvalue weighted by atomic mass is 15.0. The minimum absolute atomic E-state index is 0.702. The maximum atomic E-state index is 6.12. The zero-order valence-electron chi connectivity index (χ0n) is 15.6. The topological polar surface area (TPSA) is 42.2 Å². The summed E-state index contributed by atoms with van der Waals surface area (Å²) < 4.78 is 0. The van der Waals surface area contributed by atoms with Gasteiger partial charge in [0, 0.05) is 12.2 Å². The molecule has 0 saturated carbocycles. The highest BCUT2D eigenvalue weighted by molar-refractivity contribution is 5.45. The van der Waals surface area contributed by atoms with Crippen LogP contribution in [0.4, 0.5) is 5.82 Å². The van der Waals surface area contributed by atoms with Gasteiger partial charge in [0.2, 0.25) is 0 Å². The zero-order chi connectivity index (χ0) is 17.5. The molecule has 1 aromatic heterocycles. The van der Waals surface area contributed by atoms with Gasteiger partial charge in [-0.15, -0.1) is 0 Å². The van der Waals surface area contributed by atoms with E-state index in [1.807, 2.05) is 0 Å². The SMILES string of the molecule is CCCCCc1cc(Cc2ccc(CN(C)C)cc2)c(C)nc1N. The normalized spacial score (nSPS) is 11.2. The summed E-state index contributed by atoms with van der Waals surface area (Å²) in [5.74, 6) is 0.702. The first-order valence-corrected chi connectivity index (χ1v) is 8.97. The van der Waals surface area contributed by atoms with Crippen molar-refractivity contribution in [3.8, 4) is 0 Å². The van der Waals surface area contributed by atoms with E-state index >= 15 is 0 Å². The lowest BCUT2D eigenvalue weighted by molar-refractivity contribution is 0.402. The van der Waals surface area contributed by atoms with Crippen LogP contribution in [0.2, 0.25) is 0 Å². The Labute approximate surface area is 146 Å². The maximum Gasteiger partial charge on any atom is 0.126 e. The highest BCUT2D eigenvalue weighted by Gasteiger charge is 2.08. The summed E-state index contributed by atoms with van der Waals surface area (Å²) in [7, 11) is 4.19. The molecular formula is C21H31N3. The van der Waals surface area contributed by atoms with E-state index in [1.165, 1.54) is 41.5 Å². The molecule has 3 heteroatoms. The van der Waals surface area contributed by atoms with Crippen LogP contribution in [0.5, 0.6) is 0 Å². The molecule has 0 aliphatic heterocycles. The van der Waals surface area contributed by atoms with Crippen molar-refractivity contribution in [2.24, 2.45) is 0 Å². The van der Waals surface area contributed by atoms with Crippen molar-refractivity contribution < 1.29 is 0 Å². The molecule has 24 heavy (non-hydrogen) atoms. The van der Waals surface area contributed by atoms with Crippen LogP contribution < -0.4 is 5.73 Å². The standard InChI is InChI=1S/C21H31N3/c1-5-6-7-8-19-14-20(16(2)23-21(19)22)13-17-9-11-18(12-10-17)15-24(3)4/h9-12,14H,5-8,13,15H2,1-4H3,(H2,22,23). The Morgan fingerprint density at radius 1 is 1.00 bits per heavy atom. The van der Waals surface area contributed by atoms with Crippen LogP contribution in [0, 0.1) is 6.92 Å². The Morgan fingerprint density at radius 2 is 1.67 bits per heavy atom. The van der Waals surface area contributed by atoms with Crippen LogP contribution in [0.15, 0.2) is 30.3 Å². The van der Waals surface area contributed by atoms with Gasteiger partial charge < -0.3 is 10.6 Å². The third kappa shape index (κ3) is 5.34. The van der Waals surface area contributed by atoms with Gasteiger partial charge in [-0.1, -0.05) is 50.1 Å². The average molecular weight is 326 g/mol. The molecule has 0 fully saturated rings. The number of anilines is 1. The van der Waals surface area contributed by atoms with Crippen molar-refractivity contribution in [2.45, 2.75) is 52.5 Å². The van der Waals surface area contributed by atoms with Crippen LogP contribution in [0.25, 0.3) is 0 Å². The average Bonchev–Trinajstić information content (AvgIpc) is 2.53. The van der Waals surface area contributed by atoms with Gasteiger partial charge in [0.15, 0.2) is 0 Å². The molecule has 2 rings (SSSR count). The molecule has 0 atom stereocenters. The van der Waals surface area contributed by atoms with E-state index < -0.39 is 0 Å². The van der Waals surface area contributed by atoms with Crippen molar-refractivity contribution in [2.75, 3.05) is 19.8 Å². The molecule has 3 nitrogen and oxygen atoms in total. The maximum absolute atomic E-state index is 6.12. The number of aryl methyl sites for hydroxylation is 2. The Balaban J connectivity index is 2.12. The summed E-state index contributed by atoms with van der Waals surface area (Å²) in [6, 6.07) is 11.2. The molecule has 130 valence electrons. The number of nitrogens with two attached hydrogens (primary N) is 1. The smallest absolute Gasteiger partial charge is 0.126 e. The second kappa shape index (κ2) is 8.84. The first kappa shape index (κ1) is 18.5. The molecule has 0 radical (unpaired) electrons. The second-order valence-corrected chi connectivity index (χ2v) is 6.97. The van der Waals surface area contributed by atoms with Crippen LogP contribution in [-0.2, 0) is 19.4 Å². The van der Waals surface area contributed by atoms with Gasteiger partial charge >= 0.3 is 0 Å². The fraction of sp³-hybridized carbons (Fsp3) is 0.476. The van der Waals surface area contributed by atoms with Gasteiger partial charge in [0.05, 0.1) is 0 Å². The summed E-state index contributed by atoms with van der Waals surface area (Å²) >= 11 is 0. The number of rotatable bonds is 8. The zero-order valence-corrected chi connectivity index (χ0v) is 15.6. The summed E-state index contributed by atoms with van der Waals surface area (Å²) in [5.41, 5.74) is 12.3. The minimum atomic E-state index is 0.702. The van der Waals surface area contributed by atoms with Crippen LogP contribution in [-0.4, -0.2) is 24.0 Å². The molecule has 1 heterocycles. The molecule has 0 bridgehead atoms. The third-order valence-electron chi connectivity index (χ3n) is 4.40. The third-order valence-corrected chi connectivity index (χ3v) is 4.40. The van der Waals surface area contributed by atoms with Crippen molar-refractivity contribution in [3.63, 3.8) is 0 Å². The summed E-state index contributed by atoms with van der Waals surface area (Å²) in [5, 5.41) is 0. The molecule has 2 N–H and O–H groups in total. The predicted octanol–water partition coefficient (Wildman–Crippen LogP) is 4.36. The number of pyridine rings is 1. The van der Waals surface area contributed by atoms with E-state index in [0.717, 1.165) is 25.1 Å². The fourth-order valence-corrected chi connectivity index (χ4v) is 3.01. The highest BCUT2D eigenvalue weighted by Crippen LogP contribution is 2.20. The fourth-order valence-electron chi connectivity index (χ4n) is 3.01. The number of hydrogen-bond donors (Lipinski definition) is 1. The summed E-state index contributed by atoms with van der Waals surface area (Å²) in [6.45, 7) is 5.26. The van der Waals surface area contributed by atoms with E-state index in [2.05, 4.69) is 68.2 Å². The van der Waals surface area contributed by atoms with Crippen LogP contribution in [0.3, 0.4) is 0 Å². The van der Waals surface area contributed by atoms with E-state index in [1.54, 1.807) is 0 Å². The van der Waals surface area contributed by atoms with Crippen molar-refractivity contribution >= 4 is 5.82 Å². The number of unbranched alkanes of at least 4 members (excludes halogenated alkanes) is 2. The Morgan fingerprint density at radius 3 is 2.29 bits per heavy atom. The largest absolute Gasteiger partial charge is 0.383 e. The molecule has 0 aliphatic carbocycles. The lowest BCUT2D eigenvalue weighted by Crippen LogP contribution is -2.10. The molecule has 0 unspecified atom stereocenters. The van der Waals surface area contributed by atoms with Crippen LogP contribution in [0.1, 0.15) is 54.1 Å².